The molecule has 7 nitrogen and oxygen atoms in total. The van der Waals surface area contributed by atoms with Gasteiger partial charge in [0, 0.05) is 18.2 Å². The fourth-order valence-electron chi connectivity index (χ4n) is 2.89. The number of carbonyl (C=O) groups is 2. The summed E-state index contributed by atoms with van der Waals surface area (Å²) in [5.74, 6) is -0.755. The van der Waals surface area contributed by atoms with Crippen LogP contribution < -0.4 is 5.32 Å². The molecule has 0 saturated heterocycles. The Kier molecular flexibility index (Phi) is 6.36. The second-order valence-electron chi connectivity index (χ2n) is 6.35. The Bertz CT molecular complexity index is 679. The summed E-state index contributed by atoms with van der Waals surface area (Å²) in [6.07, 6.45) is 3.24. The summed E-state index contributed by atoms with van der Waals surface area (Å²) in [4.78, 5) is 34.5. The van der Waals surface area contributed by atoms with Crippen LogP contribution in [0.5, 0.6) is 0 Å². The SMILES string of the molecule is C[C@@H](OC(=O)c1ccc([N+](=O)[O-])cc1Cl)C(=O)N[C@@H]1CCCC[C@@H]1C. The van der Waals surface area contributed by atoms with Crippen LogP contribution in [0.2, 0.25) is 5.02 Å². The highest BCUT2D eigenvalue weighted by atomic mass is 35.5. The number of nitro benzene ring substituents is 1. The summed E-state index contributed by atoms with van der Waals surface area (Å²) in [6.45, 7) is 3.58. The Morgan fingerprint density at radius 3 is 2.64 bits per heavy atom. The van der Waals surface area contributed by atoms with E-state index in [2.05, 4.69) is 12.2 Å². The minimum Gasteiger partial charge on any atom is -0.449 e. The number of nitro groups is 1. The molecule has 3 atom stereocenters. The van der Waals surface area contributed by atoms with Crippen LogP contribution in [0.3, 0.4) is 0 Å². The predicted octanol–water partition coefficient (Wildman–Crippen LogP) is 3.49. The second kappa shape index (κ2) is 8.29. The maximum Gasteiger partial charge on any atom is 0.340 e. The Morgan fingerprint density at radius 1 is 1.36 bits per heavy atom. The molecule has 0 bridgehead atoms. The highest BCUT2D eigenvalue weighted by Crippen LogP contribution is 2.25. The largest absolute Gasteiger partial charge is 0.449 e. The van der Waals surface area contributed by atoms with Crippen molar-refractivity contribution in [2.45, 2.75) is 51.7 Å². The molecule has 1 saturated carbocycles. The first-order valence-corrected chi connectivity index (χ1v) is 8.62. The average molecular weight is 369 g/mol. The molecule has 1 aliphatic carbocycles. The molecular weight excluding hydrogens is 348 g/mol. The summed E-state index contributed by atoms with van der Waals surface area (Å²) in [6, 6.07) is 3.55. The van der Waals surface area contributed by atoms with Crippen molar-refractivity contribution in [2.75, 3.05) is 0 Å². The third kappa shape index (κ3) is 4.92. The topological polar surface area (TPSA) is 98.5 Å². The van der Waals surface area contributed by atoms with E-state index in [-0.39, 0.29) is 28.2 Å². The Balaban J connectivity index is 1.97. The number of non-ortho nitro benzene ring substituents is 1. The molecule has 1 fully saturated rings. The molecule has 8 heteroatoms. The lowest BCUT2D eigenvalue weighted by Gasteiger charge is -2.30. The predicted molar refractivity (Wildman–Crippen MR) is 92.5 cm³/mol. The highest BCUT2D eigenvalue weighted by Gasteiger charge is 2.27. The third-order valence-electron chi connectivity index (χ3n) is 4.48. The van der Waals surface area contributed by atoms with E-state index in [0.29, 0.717) is 5.92 Å². The monoisotopic (exact) mass is 368 g/mol. The molecule has 0 spiro atoms. The quantitative estimate of drug-likeness (QED) is 0.487. The molecule has 0 aromatic heterocycles. The van der Waals surface area contributed by atoms with E-state index in [9.17, 15) is 19.7 Å². The molecule has 2 rings (SSSR count). The van der Waals surface area contributed by atoms with Crippen molar-refractivity contribution in [3.05, 3.63) is 38.9 Å². The number of nitrogens with one attached hydrogen (secondary N) is 1. The zero-order valence-electron chi connectivity index (χ0n) is 14.2. The van der Waals surface area contributed by atoms with Gasteiger partial charge in [0.1, 0.15) is 0 Å². The third-order valence-corrected chi connectivity index (χ3v) is 4.79. The molecule has 0 unspecified atom stereocenters. The van der Waals surface area contributed by atoms with Gasteiger partial charge in [-0.25, -0.2) is 4.79 Å². The fourth-order valence-corrected chi connectivity index (χ4v) is 3.14. The fraction of sp³-hybridized carbons (Fsp3) is 0.529. The van der Waals surface area contributed by atoms with Crippen LogP contribution >= 0.6 is 11.6 Å². The van der Waals surface area contributed by atoms with Gasteiger partial charge in [-0.2, -0.15) is 0 Å². The minimum absolute atomic E-state index is 0.0158. The van der Waals surface area contributed by atoms with E-state index in [4.69, 9.17) is 16.3 Å². The zero-order valence-corrected chi connectivity index (χ0v) is 14.9. The number of carbonyl (C=O) groups excluding carboxylic acids is 2. The van der Waals surface area contributed by atoms with Gasteiger partial charge in [0.25, 0.3) is 11.6 Å². The second-order valence-corrected chi connectivity index (χ2v) is 6.75. The number of halogens is 1. The number of rotatable bonds is 5. The molecule has 136 valence electrons. The van der Waals surface area contributed by atoms with Crippen LogP contribution in [0.1, 0.15) is 49.9 Å². The van der Waals surface area contributed by atoms with Gasteiger partial charge in [-0.3, -0.25) is 14.9 Å². The van der Waals surface area contributed by atoms with Crippen LogP contribution in [-0.4, -0.2) is 28.9 Å². The lowest BCUT2D eigenvalue weighted by atomic mass is 9.86. The van der Waals surface area contributed by atoms with Gasteiger partial charge >= 0.3 is 5.97 Å². The molecular formula is C17H21ClN2O5. The summed E-state index contributed by atoms with van der Waals surface area (Å²) in [5.41, 5.74) is -0.239. The number of hydrogen-bond acceptors (Lipinski definition) is 5. The van der Waals surface area contributed by atoms with E-state index in [0.717, 1.165) is 37.8 Å². The Labute approximate surface area is 150 Å². The van der Waals surface area contributed by atoms with Crippen LogP contribution in [-0.2, 0) is 9.53 Å². The standard InChI is InChI=1S/C17H21ClN2O5/c1-10-5-3-4-6-15(10)19-16(21)11(2)25-17(22)13-8-7-12(20(23)24)9-14(13)18/h7-11,15H,3-6H2,1-2H3,(H,19,21)/t10-,11+,15+/m0/s1. The highest BCUT2D eigenvalue weighted by molar-refractivity contribution is 6.33. The van der Waals surface area contributed by atoms with Crippen molar-refractivity contribution in [3.8, 4) is 0 Å². The van der Waals surface area contributed by atoms with Gasteiger partial charge in [0.05, 0.1) is 15.5 Å². The summed E-state index contributed by atoms with van der Waals surface area (Å²) in [5, 5.41) is 13.5. The van der Waals surface area contributed by atoms with Gasteiger partial charge in [-0.05, 0) is 31.7 Å². The van der Waals surface area contributed by atoms with Crippen molar-refractivity contribution in [1.82, 2.24) is 5.32 Å². The molecule has 1 aromatic rings. The maximum absolute atomic E-state index is 12.2. The number of amides is 1. The summed E-state index contributed by atoms with van der Waals surface area (Å²) >= 11 is 5.90. The molecule has 0 radical (unpaired) electrons. The molecule has 25 heavy (non-hydrogen) atoms. The molecule has 1 amide bonds. The molecule has 0 heterocycles. The van der Waals surface area contributed by atoms with E-state index >= 15 is 0 Å². The normalized spacial score (nSPS) is 21.2. The Morgan fingerprint density at radius 2 is 2.04 bits per heavy atom. The van der Waals surface area contributed by atoms with Gasteiger partial charge in [0.15, 0.2) is 6.10 Å². The van der Waals surface area contributed by atoms with Crippen molar-refractivity contribution in [3.63, 3.8) is 0 Å². The van der Waals surface area contributed by atoms with Crippen molar-refractivity contribution in [2.24, 2.45) is 5.92 Å². The number of esters is 1. The van der Waals surface area contributed by atoms with Gasteiger partial charge in [-0.15, -0.1) is 0 Å². The molecule has 1 aliphatic rings. The lowest BCUT2D eigenvalue weighted by molar-refractivity contribution is -0.384. The van der Waals surface area contributed by atoms with Crippen molar-refractivity contribution >= 4 is 29.2 Å². The van der Waals surface area contributed by atoms with E-state index < -0.39 is 17.0 Å². The van der Waals surface area contributed by atoms with Gasteiger partial charge in [0.2, 0.25) is 0 Å². The van der Waals surface area contributed by atoms with Gasteiger partial charge < -0.3 is 10.1 Å². The summed E-state index contributed by atoms with van der Waals surface area (Å²) < 4.78 is 5.15. The molecule has 1 N–H and O–H groups in total. The maximum atomic E-state index is 12.2. The zero-order chi connectivity index (χ0) is 18.6. The van der Waals surface area contributed by atoms with Crippen LogP contribution in [0.4, 0.5) is 5.69 Å². The number of benzene rings is 1. The smallest absolute Gasteiger partial charge is 0.340 e. The number of nitrogens with zero attached hydrogens (tertiary/aromatic N) is 1. The lowest BCUT2D eigenvalue weighted by Crippen LogP contribution is -2.46. The first-order chi connectivity index (χ1) is 11.8. The van der Waals surface area contributed by atoms with E-state index in [1.54, 1.807) is 0 Å². The van der Waals surface area contributed by atoms with E-state index in [1.807, 2.05) is 0 Å². The average Bonchev–Trinajstić information content (AvgIpc) is 2.56. The van der Waals surface area contributed by atoms with Crippen LogP contribution in [0.15, 0.2) is 18.2 Å². The van der Waals surface area contributed by atoms with Crippen LogP contribution in [0, 0.1) is 16.0 Å². The van der Waals surface area contributed by atoms with E-state index in [1.165, 1.54) is 13.0 Å². The van der Waals surface area contributed by atoms with Crippen molar-refractivity contribution < 1.29 is 19.2 Å². The Hall–Kier alpha value is -2.15. The number of hydrogen-bond donors (Lipinski definition) is 1. The van der Waals surface area contributed by atoms with Crippen molar-refractivity contribution in [1.29, 1.82) is 0 Å². The molecule has 1 aromatic carbocycles. The van der Waals surface area contributed by atoms with Crippen LogP contribution in [0.25, 0.3) is 0 Å². The first kappa shape index (κ1) is 19.2. The summed E-state index contributed by atoms with van der Waals surface area (Å²) in [7, 11) is 0. The number of ether oxygens (including phenoxy) is 1. The first-order valence-electron chi connectivity index (χ1n) is 8.25. The van der Waals surface area contributed by atoms with Gasteiger partial charge in [-0.1, -0.05) is 31.4 Å². The molecule has 0 aliphatic heterocycles. The minimum atomic E-state index is -0.979.